The summed E-state index contributed by atoms with van der Waals surface area (Å²) in [5.74, 6) is 0. The maximum Gasteiger partial charge on any atom is 0.237 e. The van der Waals surface area contributed by atoms with Gasteiger partial charge in [0.15, 0.2) is 0 Å². The van der Waals surface area contributed by atoms with E-state index < -0.39 is 0 Å². The Morgan fingerprint density at radius 1 is 1.35 bits per heavy atom. The van der Waals surface area contributed by atoms with E-state index in [4.69, 9.17) is 10.5 Å². The molecule has 0 fully saturated rings. The van der Waals surface area contributed by atoms with Gasteiger partial charge in [-0.3, -0.25) is 5.43 Å². The first kappa shape index (κ1) is 12.2. The summed E-state index contributed by atoms with van der Waals surface area (Å²) < 4.78 is 0. The number of para-hydroxylation sites is 1. The molecular formula is C11H9N5O. The lowest BCUT2D eigenvalue weighted by atomic mass is 10.2. The van der Waals surface area contributed by atoms with Crippen LogP contribution in [-0.2, 0) is 4.84 Å². The lowest BCUT2D eigenvalue weighted by molar-refractivity contribution is 0.215. The fourth-order valence-corrected chi connectivity index (χ4v) is 1.01. The molecule has 0 saturated carbocycles. The second-order valence-electron chi connectivity index (χ2n) is 2.80. The Labute approximate surface area is 98.4 Å². The molecule has 0 aliphatic carbocycles. The van der Waals surface area contributed by atoms with Crippen molar-refractivity contribution in [2.75, 3.05) is 12.5 Å². The molecule has 17 heavy (non-hydrogen) atoms. The van der Waals surface area contributed by atoms with Crippen LogP contribution in [-0.4, -0.2) is 19.0 Å². The number of anilines is 1. The lowest BCUT2D eigenvalue weighted by Crippen LogP contribution is -1.99. The number of hydrogen-bond donors (Lipinski definition) is 1. The van der Waals surface area contributed by atoms with Crippen LogP contribution in [0.2, 0.25) is 0 Å². The van der Waals surface area contributed by atoms with Gasteiger partial charge in [-0.15, -0.1) is 0 Å². The molecule has 0 bridgehead atoms. The van der Waals surface area contributed by atoms with Gasteiger partial charge in [-0.25, -0.2) is 0 Å². The second-order valence-corrected chi connectivity index (χ2v) is 2.80. The van der Waals surface area contributed by atoms with Crippen molar-refractivity contribution in [3.63, 3.8) is 0 Å². The zero-order valence-corrected chi connectivity index (χ0v) is 9.08. The van der Waals surface area contributed by atoms with Crippen molar-refractivity contribution in [1.82, 2.24) is 0 Å². The minimum absolute atomic E-state index is 0.247. The highest BCUT2D eigenvalue weighted by atomic mass is 16.6. The number of rotatable bonds is 4. The van der Waals surface area contributed by atoms with Crippen LogP contribution in [0, 0.1) is 22.7 Å². The molecule has 0 aromatic heterocycles. The van der Waals surface area contributed by atoms with Crippen molar-refractivity contribution in [2.24, 2.45) is 10.3 Å². The van der Waals surface area contributed by atoms with Crippen LogP contribution >= 0.6 is 0 Å². The average molecular weight is 227 g/mol. The van der Waals surface area contributed by atoms with Gasteiger partial charge in [0, 0.05) is 5.56 Å². The van der Waals surface area contributed by atoms with E-state index >= 15 is 0 Å². The minimum Gasteiger partial charge on any atom is -0.399 e. The summed E-state index contributed by atoms with van der Waals surface area (Å²) in [7, 11) is 1.44. The number of nitriles is 2. The van der Waals surface area contributed by atoms with Crippen molar-refractivity contribution >= 4 is 17.6 Å². The fourth-order valence-electron chi connectivity index (χ4n) is 1.01. The molecule has 0 heterocycles. The second kappa shape index (κ2) is 6.59. The summed E-state index contributed by atoms with van der Waals surface area (Å²) in [5.41, 5.74) is 3.72. The highest BCUT2D eigenvalue weighted by Crippen LogP contribution is 2.12. The molecule has 0 radical (unpaired) electrons. The minimum atomic E-state index is -0.247. The molecule has 0 amide bonds. The van der Waals surface area contributed by atoms with Crippen LogP contribution in [0.25, 0.3) is 0 Å². The zero-order chi connectivity index (χ0) is 12.5. The molecular weight excluding hydrogens is 218 g/mol. The summed E-state index contributed by atoms with van der Waals surface area (Å²) in [6, 6.07) is 10.5. The van der Waals surface area contributed by atoms with Gasteiger partial charge in [0.25, 0.3) is 0 Å². The summed E-state index contributed by atoms with van der Waals surface area (Å²) in [6.45, 7) is 0. The van der Waals surface area contributed by atoms with Crippen LogP contribution < -0.4 is 5.43 Å². The van der Waals surface area contributed by atoms with Gasteiger partial charge in [0.1, 0.15) is 19.2 Å². The van der Waals surface area contributed by atoms with Gasteiger partial charge >= 0.3 is 0 Å². The molecule has 0 aliphatic rings. The SMILES string of the molecule is CON=Cc1ccccc1NN=C(C#N)C#N. The monoisotopic (exact) mass is 227 g/mol. The topological polar surface area (TPSA) is 93.6 Å². The molecule has 6 heteroatoms. The molecule has 0 saturated heterocycles. The van der Waals surface area contributed by atoms with Crippen molar-refractivity contribution in [1.29, 1.82) is 10.5 Å². The van der Waals surface area contributed by atoms with Crippen LogP contribution in [0.15, 0.2) is 34.5 Å². The van der Waals surface area contributed by atoms with Gasteiger partial charge in [-0.2, -0.15) is 15.6 Å². The quantitative estimate of drug-likeness (QED) is 0.622. The zero-order valence-electron chi connectivity index (χ0n) is 9.08. The van der Waals surface area contributed by atoms with E-state index in [0.717, 1.165) is 5.56 Å². The lowest BCUT2D eigenvalue weighted by Gasteiger charge is -2.03. The predicted molar refractivity (Wildman–Crippen MR) is 63.3 cm³/mol. The van der Waals surface area contributed by atoms with E-state index in [0.29, 0.717) is 5.69 Å². The van der Waals surface area contributed by atoms with E-state index in [-0.39, 0.29) is 5.71 Å². The van der Waals surface area contributed by atoms with E-state index in [9.17, 15) is 0 Å². The highest BCUT2D eigenvalue weighted by molar-refractivity contribution is 6.10. The van der Waals surface area contributed by atoms with Crippen molar-refractivity contribution in [2.45, 2.75) is 0 Å². The highest BCUT2D eigenvalue weighted by Gasteiger charge is 1.99. The van der Waals surface area contributed by atoms with Gasteiger partial charge in [0.2, 0.25) is 5.71 Å². The van der Waals surface area contributed by atoms with Crippen molar-refractivity contribution in [3.8, 4) is 12.1 Å². The Morgan fingerprint density at radius 2 is 2.06 bits per heavy atom. The Bertz CT molecular complexity index is 505. The summed E-state index contributed by atoms with van der Waals surface area (Å²) in [6.07, 6.45) is 1.50. The smallest absolute Gasteiger partial charge is 0.237 e. The molecule has 6 nitrogen and oxygen atoms in total. The number of nitrogens with zero attached hydrogens (tertiary/aromatic N) is 4. The third kappa shape index (κ3) is 3.65. The number of hydrogen-bond acceptors (Lipinski definition) is 6. The first-order valence-electron chi connectivity index (χ1n) is 4.61. The Balaban J connectivity index is 2.92. The molecule has 0 spiro atoms. The van der Waals surface area contributed by atoms with Crippen LogP contribution in [0.5, 0.6) is 0 Å². The van der Waals surface area contributed by atoms with Crippen LogP contribution in [0.1, 0.15) is 5.56 Å². The maximum atomic E-state index is 8.53. The predicted octanol–water partition coefficient (Wildman–Crippen LogP) is 1.48. The van der Waals surface area contributed by atoms with E-state index in [1.807, 2.05) is 6.07 Å². The summed E-state index contributed by atoms with van der Waals surface area (Å²) in [5, 5.41) is 24.3. The van der Waals surface area contributed by atoms with Gasteiger partial charge in [-0.1, -0.05) is 23.4 Å². The average Bonchev–Trinajstić information content (AvgIpc) is 2.38. The first-order chi connectivity index (χ1) is 8.31. The Hall–Kier alpha value is -2.86. The molecule has 1 aromatic rings. The largest absolute Gasteiger partial charge is 0.399 e. The number of hydrazone groups is 1. The molecule has 1 N–H and O–H groups in total. The van der Waals surface area contributed by atoms with Crippen molar-refractivity contribution in [3.05, 3.63) is 29.8 Å². The molecule has 0 unspecified atom stereocenters. The van der Waals surface area contributed by atoms with Gasteiger partial charge < -0.3 is 4.84 Å². The molecule has 0 atom stereocenters. The third-order valence-corrected chi connectivity index (χ3v) is 1.76. The van der Waals surface area contributed by atoms with E-state index in [1.54, 1.807) is 30.3 Å². The molecule has 1 rings (SSSR count). The number of benzene rings is 1. The number of nitrogens with one attached hydrogen (secondary N) is 1. The van der Waals surface area contributed by atoms with Crippen LogP contribution in [0.3, 0.4) is 0 Å². The standard InChI is InChI=1S/C11H9N5O/c1-17-14-8-9-4-2-3-5-11(9)16-15-10(6-12)7-13/h2-5,8,16H,1H3. The maximum absolute atomic E-state index is 8.53. The third-order valence-electron chi connectivity index (χ3n) is 1.76. The Kier molecular flexibility index (Phi) is 4.73. The van der Waals surface area contributed by atoms with Gasteiger partial charge in [-0.05, 0) is 6.07 Å². The van der Waals surface area contributed by atoms with Crippen molar-refractivity contribution < 1.29 is 4.84 Å². The summed E-state index contributed by atoms with van der Waals surface area (Å²) >= 11 is 0. The normalized spacial score (nSPS) is 9.12. The summed E-state index contributed by atoms with van der Waals surface area (Å²) in [4.78, 5) is 4.57. The van der Waals surface area contributed by atoms with Crippen LogP contribution in [0.4, 0.5) is 5.69 Å². The molecule has 0 aliphatic heterocycles. The van der Waals surface area contributed by atoms with Gasteiger partial charge in [0.05, 0.1) is 11.9 Å². The van der Waals surface area contributed by atoms with E-state index in [2.05, 4.69) is 20.5 Å². The Morgan fingerprint density at radius 3 is 2.71 bits per heavy atom. The fraction of sp³-hybridized carbons (Fsp3) is 0.0909. The first-order valence-corrected chi connectivity index (χ1v) is 4.61. The van der Waals surface area contributed by atoms with E-state index in [1.165, 1.54) is 13.3 Å². The molecule has 84 valence electrons. The molecule has 1 aromatic carbocycles. The number of oxime groups is 1.